The lowest BCUT2D eigenvalue weighted by atomic mass is 9.93. The number of halogens is 1. The summed E-state index contributed by atoms with van der Waals surface area (Å²) in [6, 6.07) is 18.5. The number of rotatable bonds is 8. The number of carbonyl (C=O) groups excluding carboxylic acids is 2. The zero-order valence-corrected chi connectivity index (χ0v) is 21.3. The smallest absolute Gasteiger partial charge is 0.248 e. The van der Waals surface area contributed by atoms with E-state index in [1.54, 1.807) is 34.9 Å². The van der Waals surface area contributed by atoms with Gasteiger partial charge in [-0.2, -0.15) is 0 Å². The van der Waals surface area contributed by atoms with Gasteiger partial charge in [0.15, 0.2) is 0 Å². The van der Waals surface area contributed by atoms with E-state index in [2.05, 4.69) is 34.9 Å². The second kappa shape index (κ2) is 10.5. The molecule has 7 nitrogen and oxygen atoms in total. The number of carbonyl (C=O) groups is 2. The fourth-order valence-electron chi connectivity index (χ4n) is 4.88. The number of aromatic nitrogens is 2. The maximum atomic E-state index is 15.6. The number of hydrogen-bond acceptors (Lipinski definition) is 5. The van der Waals surface area contributed by atoms with Gasteiger partial charge in [-0.15, -0.1) is 0 Å². The van der Waals surface area contributed by atoms with Gasteiger partial charge in [0.05, 0.1) is 6.21 Å². The molecule has 1 amide bonds. The number of hydrogen-bond donors (Lipinski definition) is 1. The molecule has 4 aromatic rings. The summed E-state index contributed by atoms with van der Waals surface area (Å²) < 4.78 is 17.1. The van der Waals surface area contributed by atoms with Gasteiger partial charge in [0.25, 0.3) is 0 Å². The summed E-state index contributed by atoms with van der Waals surface area (Å²) in [6.45, 7) is 3.86. The Labute approximate surface area is 220 Å². The third kappa shape index (κ3) is 4.78. The van der Waals surface area contributed by atoms with Crippen molar-refractivity contribution in [2.75, 3.05) is 13.6 Å². The van der Waals surface area contributed by atoms with Gasteiger partial charge >= 0.3 is 0 Å². The summed E-state index contributed by atoms with van der Waals surface area (Å²) in [5.74, 6) is -1.45. The number of benzene rings is 3. The molecule has 1 aliphatic heterocycles. The van der Waals surface area contributed by atoms with Crippen molar-refractivity contribution in [3.05, 3.63) is 107 Å². The Hall–Kier alpha value is -4.43. The van der Waals surface area contributed by atoms with Crippen LogP contribution in [0.1, 0.15) is 57.1 Å². The highest BCUT2D eigenvalue weighted by atomic mass is 19.1. The minimum atomic E-state index is -1.04. The number of primary amides is 1. The molecule has 1 aromatic heterocycles. The van der Waals surface area contributed by atoms with Crippen LogP contribution in [-0.2, 0) is 6.54 Å². The Morgan fingerprint density at radius 2 is 1.92 bits per heavy atom. The Balaban J connectivity index is 1.47. The quantitative estimate of drug-likeness (QED) is 0.363. The van der Waals surface area contributed by atoms with Crippen LogP contribution in [0.2, 0.25) is 0 Å². The number of amides is 1. The van der Waals surface area contributed by atoms with Crippen LogP contribution in [0.15, 0.2) is 78.0 Å². The minimum absolute atomic E-state index is 0.194. The average molecular weight is 510 g/mol. The molecule has 2 heterocycles. The van der Waals surface area contributed by atoms with Crippen LogP contribution in [0.25, 0.3) is 16.8 Å². The number of nitrogens with two attached hydrogens (primary N) is 1. The molecule has 1 unspecified atom stereocenters. The van der Waals surface area contributed by atoms with E-state index in [9.17, 15) is 9.59 Å². The van der Waals surface area contributed by atoms with Crippen molar-refractivity contribution in [2.45, 2.75) is 25.9 Å². The van der Waals surface area contributed by atoms with E-state index in [1.165, 1.54) is 18.6 Å². The molecule has 2 N–H and O–H groups in total. The molecular formula is C30H28FN5O2. The monoisotopic (exact) mass is 509 g/mol. The van der Waals surface area contributed by atoms with Crippen LogP contribution < -0.4 is 5.73 Å². The van der Waals surface area contributed by atoms with Crippen LogP contribution in [0.5, 0.6) is 0 Å². The molecule has 0 saturated carbocycles. The topological polar surface area (TPSA) is 93.6 Å². The van der Waals surface area contributed by atoms with E-state index in [0.717, 1.165) is 36.2 Å². The second-order valence-corrected chi connectivity index (χ2v) is 9.44. The molecule has 1 aliphatic rings. The first kappa shape index (κ1) is 25.2. The highest BCUT2D eigenvalue weighted by Gasteiger charge is 2.32. The molecule has 38 heavy (non-hydrogen) atoms. The van der Waals surface area contributed by atoms with E-state index in [4.69, 9.17) is 5.73 Å². The summed E-state index contributed by atoms with van der Waals surface area (Å²) in [5.41, 5.74) is 9.94. The first-order chi connectivity index (χ1) is 18.4. The van der Waals surface area contributed by atoms with Crippen molar-refractivity contribution in [3.8, 4) is 16.8 Å². The zero-order chi connectivity index (χ0) is 26.8. The molecule has 1 atom stereocenters. The van der Waals surface area contributed by atoms with Crippen molar-refractivity contribution in [3.63, 3.8) is 0 Å². The van der Waals surface area contributed by atoms with Crippen molar-refractivity contribution in [1.29, 1.82) is 0 Å². The van der Waals surface area contributed by atoms with Crippen molar-refractivity contribution >= 4 is 17.9 Å². The fourth-order valence-corrected chi connectivity index (χ4v) is 4.88. The number of ketones is 1. The van der Waals surface area contributed by atoms with E-state index in [0.29, 0.717) is 16.9 Å². The van der Waals surface area contributed by atoms with Gasteiger partial charge in [0.2, 0.25) is 11.7 Å². The van der Waals surface area contributed by atoms with Crippen molar-refractivity contribution in [1.82, 2.24) is 14.5 Å². The second-order valence-electron chi connectivity index (χ2n) is 9.44. The molecule has 0 aliphatic carbocycles. The van der Waals surface area contributed by atoms with Gasteiger partial charge in [0, 0.05) is 23.4 Å². The molecule has 0 bridgehead atoms. The first-order valence-corrected chi connectivity index (χ1v) is 12.5. The van der Waals surface area contributed by atoms with Crippen LogP contribution >= 0.6 is 0 Å². The fraction of sp³-hybridized carbons (Fsp3) is 0.200. The average Bonchev–Trinajstić information content (AvgIpc) is 3.35. The van der Waals surface area contributed by atoms with Crippen molar-refractivity contribution < 1.29 is 14.0 Å². The third-order valence-electron chi connectivity index (χ3n) is 6.70. The number of fused-ring (bicyclic) bond motifs is 1. The van der Waals surface area contributed by atoms with E-state index in [-0.39, 0.29) is 17.0 Å². The largest absolute Gasteiger partial charge is 0.366 e. The summed E-state index contributed by atoms with van der Waals surface area (Å²) in [5, 5.41) is 0. The van der Waals surface area contributed by atoms with Gasteiger partial charge in [-0.05, 0) is 61.0 Å². The van der Waals surface area contributed by atoms with Crippen LogP contribution in [0, 0.1) is 5.82 Å². The predicted octanol–water partition coefficient (Wildman–Crippen LogP) is 4.98. The highest BCUT2D eigenvalue weighted by Crippen LogP contribution is 2.33. The molecule has 5 rings (SSSR count). The van der Waals surface area contributed by atoms with Crippen molar-refractivity contribution in [2.24, 2.45) is 10.7 Å². The van der Waals surface area contributed by atoms with Gasteiger partial charge in [-0.1, -0.05) is 49.4 Å². The molecule has 0 spiro atoms. The van der Waals surface area contributed by atoms with Crippen LogP contribution in [0.3, 0.4) is 0 Å². The molecule has 0 radical (unpaired) electrons. The Kier molecular flexibility index (Phi) is 6.98. The van der Waals surface area contributed by atoms with Crippen LogP contribution in [0.4, 0.5) is 4.39 Å². The maximum Gasteiger partial charge on any atom is 0.248 e. The van der Waals surface area contributed by atoms with Gasteiger partial charge in [-0.3, -0.25) is 19.1 Å². The lowest BCUT2D eigenvalue weighted by Crippen LogP contribution is -2.21. The summed E-state index contributed by atoms with van der Waals surface area (Å²) in [7, 11) is 2.07. The van der Waals surface area contributed by atoms with Gasteiger partial charge in [0.1, 0.15) is 29.6 Å². The molecular weight excluding hydrogens is 481 g/mol. The lowest BCUT2D eigenvalue weighted by Gasteiger charge is -2.20. The van der Waals surface area contributed by atoms with E-state index >= 15 is 4.39 Å². The van der Waals surface area contributed by atoms with E-state index in [1.807, 2.05) is 24.3 Å². The standard InChI is InChI=1S/C30H28FN5O2/c1-3-13-35(2)17-21-7-4-5-10-23(21)19-11-12-24(25(31)15-19)27-29(37)28-26(16-33-27)34-18-36(28)22-9-6-8-20(14-22)30(32)38/h4-12,14-16,18,27H,3,13,17H2,1-2H3,(H2,32,38). The molecule has 192 valence electrons. The lowest BCUT2D eigenvalue weighted by molar-refractivity contribution is 0.0951. The van der Waals surface area contributed by atoms with Gasteiger partial charge < -0.3 is 10.6 Å². The minimum Gasteiger partial charge on any atom is -0.366 e. The molecule has 8 heteroatoms. The molecule has 0 saturated heterocycles. The normalized spacial score (nSPS) is 14.6. The zero-order valence-electron chi connectivity index (χ0n) is 21.3. The summed E-state index contributed by atoms with van der Waals surface area (Å²) >= 11 is 0. The van der Waals surface area contributed by atoms with Crippen LogP contribution in [-0.4, -0.2) is 45.9 Å². The molecule has 0 fully saturated rings. The summed E-state index contributed by atoms with van der Waals surface area (Å²) in [6.07, 6.45) is 4.03. The Bertz CT molecular complexity index is 1560. The maximum absolute atomic E-state index is 15.6. The molecule has 3 aromatic carbocycles. The van der Waals surface area contributed by atoms with Gasteiger partial charge in [-0.25, -0.2) is 9.37 Å². The number of aliphatic imine (C=N–C) groups is 1. The number of nitrogens with zero attached hydrogens (tertiary/aromatic N) is 4. The summed E-state index contributed by atoms with van der Waals surface area (Å²) in [4.78, 5) is 36.1. The Morgan fingerprint density at radius 1 is 1.11 bits per heavy atom. The Morgan fingerprint density at radius 3 is 2.68 bits per heavy atom. The highest BCUT2D eigenvalue weighted by molar-refractivity contribution is 6.09. The first-order valence-electron chi connectivity index (χ1n) is 12.5. The van der Waals surface area contributed by atoms with E-state index < -0.39 is 17.8 Å². The number of Topliss-reactive ketones (excluding diaryl/α,β-unsaturated/α-hetero) is 1. The third-order valence-corrected chi connectivity index (χ3v) is 6.70. The SMILES string of the molecule is CCCN(C)Cc1ccccc1-c1ccc(C2N=Cc3ncn(-c4cccc(C(N)=O)c4)c3C2=O)c(F)c1. The number of imidazole rings is 1. The predicted molar refractivity (Wildman–Crippen MR) is 145 cm³/mol.